The number of carbonyl (C=O) groups excluding carboxylic acids is 1. The third-order valence-corrected chi connectivity index (χ3v) is 4.82. The van der Waals surface area contributed by atoms with E-state index in [1.807, 2.05) is 50.2 Å². The second kappa shape index (κ2) is 7.12. The predicted octanol–water partition coefficient (Wildman–Crippen LogP) is 4.29. The number of amides is 1. The Morgan fingerprint density at radius 3 is 2.54 bits per heavy atom. The lowest BCUT2D eigenvalue weighted by Crippen LogP contribution is -2.27. The number of rotatable bonds is 5. The summed E-state index contributed by atoms with van der Waals surface area (Å²) in [5.74, 6) is 1.32. The van der Waals surface area contributed by atoms with Crippen LogP contribution in [0.3, 0.4) is 0 Å². The minimum absolute atomic E-state index is 0.123. The second-order valence-electron chi connectivity index (χ2n) is 6.44. The molecule has 26 heavy (non-hydrogen) atoms. The molecule has 1 heterocycles. The molecule has 0 aliphatic rings. The molecule has 0 bridgehead atoms. The summed E-state index contributed by atoms with van der Waals surface area (Å²) in [5.41, 5.74) is 4.83. The van der Waals surface area contributed by atoms with E-state index in [1.165, 1.54) is 0 Å². The Labute approximate surface area is 153 Å². The van der Waals surface area contributed by atoms with Crippen molar-refractivity contribution in [2.45, 2.75) is 26.8 Å². The first-order chi connectivity index (χ1) is 12.4. The molecule has 0 spiro atoms. The summed E-state index contributed by atoms with van der Waals surface area (Å²) in [5, 5.41) is 4.12. The summed E-state index contributed by atoms with van der Waals surface area (Å²) in [6.45, 7) is 6.02. The SMILES string of the molecule is COc1ccc(OC)c([C@H](C)NC(=O)c2ccc3[nH]c(C)c(C)c3c2)c1. The quantitative estimate of drug-likeness (QED) is 0.720. The summed E-state index contributed by atoms with van der Waals surface area (Å²) in [6.07, 6.45) is 0. The van der Waals surface area contributed by atoms with E-state index in [2.05, 4.69) is 17.2 Å². The fourth-order valence-electron chi connectivity index (χ4n) is 3.14. The number of aromatic nitrogens is 1. The van der Waals surface area contributed by atoms with Gasteiger partial charge in [0.05, 0.1) is 20.3 Å². The van der Waals surface area contributed by atoms with Gasteiger partial charge in [-0.15, -0.1) is 0 Å². The predicted molar refractivity (Wildman–Crippen MR) is 103 cm³/mol. The molecular formula is C21H24N2O3. The van der Waals surface area contributed by atoms with Gasteiger partial charge in [0.2, 0.25) is 0 Å². The topological polar surface area (TPSA) is 63.4 Å². The van der Waals surface area contributed by atoms with Crippen LogP contribution < -0.4 is 14.8 Å². The lowest BCUT2D eigenvalue weighted by Gasteiger charge is -2.18. The molecule has 0 saturated heterocycles. The Hall–Kier alpha value is -2.95. The number of H-pyrrole nitrogens is 1. The maximum atomic E-state index is 12.8. The van der Waals surface area contributed by atoms with Gasteiger partial charge >= 0.3 is 0 Å². The highest BCUT2D eigenvalue weighted by atomic mass is 16.5. The number of aromatic amines is 1. The van der Waals surface area contributed by atoms with Gasteiger partial charge in [-0.1, -0.05) is 0 Å². The Morgan fingerprint density at radius 1 is 1.08 bits per heavy atom. The van der Waals surface area contributed by atoms with Crippen LogP contribution in [0.5, 0.6) is 11.5 Å². The molecule has 0 aliphatic heterocycles. The molecule has 0 unspecified atom stereocenters. The van der Waals surface area contributed by atoms with Crippen LogP contribution in [0.15, 0.2) is 36.4 Å². The summed E-state index contributed by atoms with van der Waals surface area (Å²) >= 11 is 0. The van der Waals surface area contributed by atoms with E-state index in [9.17, 15) is 4.79 Å². The zero-order chi connectivity index (χ0) is 18.8. The van der Waals surface area contributed by atoms with Gasteiger partial charge in [0, 0.05) is 27.7 Å². The lowest BCUT2D eigenvalue weighted by atomic mass is 10.0. The van der Waals surface area contributed by atoms with E-state index in [4.69, 9.17) is 9.47 Å². The number of hydrogen-bond donors (Lipinski definition) is 2. The van der Waals surface area contributed by atoms with Crippen LogP contribution in [0.2, 0.25) is 0 Å². The smallest absolute Gasteiger partial charge is 0.251 e. The van der Waals surface area contributed by atoms with Gasteiger partial charge in [0.25, 0.3) is 5.91 Å². The summed E-state index contributed by atoms with van der Waals surface area (Å²) < 4.78 is 10.7. The van der Waals surface area contributed by atoms with E-state index in [1.54, 1.807) is 14.2 Å². The third-order valence-electron chi connectivity index (χ3n) is 4.82. The number of fused-ring (bicyclic) bond motifs is 1. The third kappa shape index (κ3) is 3.25. The maximum Gasteiger partial charge on any atom is 0.251 e. The first-order valence-electron chi connectivity index (χ1n) is 8.56. The normalized spacial score (nSPS) is 12.0. The number of ether oxygens (including phenoxy) is 2. The Bertz CT molecular complexity index is 959. The van der Waals surface area contributed by atoms with Crippen LogP contribution >= 0.6 is 0 Å². The van der Waals surface area contributed by atoms with Crippen LogP contribution in [-0.4, -0.2) is 25.1 Å². The van der Waals surface area contributed by atoms with Crippen molar-refractivity contribution in [3.05, 3.63) is 58.8 Å². The molecule has 1 atom stereocenters. The number of methoxy groups -OCH3 is 2. The average Bonchev–Trinajstić information content (AvgIpc) is 2.94. The largest absolute Gasteiger partial charge is 0.497 e. The van der Waals surface area contributed by atoms with E-state index in [0.29, 0.717) is 11.3 Å². The van der Waals surface area contributed by atoms with Gasteiger partial charge in [-0.25, -0.2) is 0 Å². The Morgan fingerprint density at radius 2 is 1.85 bits per heavy atom. The van der Waals surface area contributed by atoms with Gasteiger partial charge in [0.1, 0.15) is 11.5 Å². The first-order valence-corrected chi connectivity index (χ1v) is 8.56. The Balaban J connectivity index is 1.86. The number of benzene rings is 2. The summed E-state index contributed by atoms with van der Waals surface area (Å²) in [7, 11) is 3.23. The van der Waals surface area contributed by atoms with Crippen molar-refractivity contribution in [1.82, 2.24) is 10.3 Å². The monoisotopic (exact) mass is 352 g/mol. The van der Waals surface area contributed by atoms with E-state index < -0.39 is 0 Å². The fraction of sp³-hybridized carbons (Fsp3) is 0.286. The molecule has 0 aliphatic carbocycles. The van der Waals surface area contributed by atoms with E-state index in [-0.39, 0.29) is 11.9 Å². The van der Waals surface area contributed by atoms with Gasteiger partial charge in [-0.2, -0.15) is 0 Å². The van der Waals surface area contributed by atoms with Gasteiger partial charge < -0.3 is 19.8 Å². The van der Waals surface area contributed by atoms with Crippen molar-refractivity contribution < 1.29 is 14.3 Å². The van der Waals surface area contributed by atoms with Crippen LogP contribution in [0.25, 0.3) is 10.9 Å². The Kier molecular flexibility index (Phi) is 4.89. The summed E-state index contributed by atoms with van der Waals surface area (Å²) in [6, 6.07) is 11.0. The number of carbonyl (C=O) groups is 1. The highest BCUT2D eigenvalue weighted by Gasteiger charge is 2.17. The van der Waals surface area contributed by atoms with Gasteiger partial charge in [-0.05, 0) is 62.7 Å². The van der Waals surface area contributed by atoms with Crippen molar-refractivity contribution in [1.29, 1.82) is 0 Å². The van der Waals surface area contributed by atoms with Crippen molar-refractivity contribution in [2.24, 2.45) is 0 Å². The minimum atomic E-state index is -0.225. The van der Waals surface area contributed by atoms with E-state index >= 15 is 0 Å². The minimum Gasteiger partial charge on any atom is -0.497 e. The van der Waals surface area contributed by atoms with Crippen molar-refractivity contribution in [3.8, 4) is 11.5 Å². The molecule has 2 N–H and O–H groups in total. The zero-order valence-corrected chi connectivity index (χ0v) is 15.8. The molecule has 5 heteroatoms. The van der Waals surface area contributed by atoms with Gasteiger partial charge in [0.15, 0.2) is 0 Å². The second-order valence-corrected chi connectivity index (χ2v) is 6.44. The van der Waals surface area contributed by atoms with Crippen LogP contribution in [0.1, 0.15) is 40.1 Å². The molecule has 3 aromatic rings. The average molecular weight is 352 g/mol. The molecule has 0 saturated carbocycles. The molecular weight excluding hydrogens is 328 g/mol. The lowest BCUT2D eigenvalue weighted by molar-refractivity contribution is 0.0939. The molecule has 1 aromatic heterocycles. The molecule has 136 valence electrons. The number of hydrogen-bond acceptors (Lipinski definition) is 3. The van der Waals surface area contributed by atoms with Crippen molar-refractivity contribution in [2.75, 3.05) is 14.2 Å². The highest BCUT2D eigenvalue weighted by Crippen LogP contribution is 2.29. The number of nitrogens with one attached hydrogen (secondary N) is 2. The van der Waals surface area contributed by atoms with Crippen molar-refractivity contribution >= 4 is 16.8 Å². The van der Waals surface area contributed by atoms with E-state index in [0.717, 1.165) is 33.5 Å². The molecule has 3 rings (SSSR count). The number of aryl methyl sites for hydroxylation is 2. The summed E-state index contributed by atoms with van der Waals surface area (Å²) in [4.78, 5) is 16.1. The molecule has 0 radical (unpaired) electrons. The zero-order valence-electron chi connectivity index (χ0n) is 15.8. The molecule has 2 aromatic carbocycles. The van der Waals surface area contributed by atoms with Crippen LogP contribution in [0.4, 0.5) is 0 Å². The highest BCUT2D eigenvalue weighted by molar-refractivity contribution is 5.99. The van der Waals surface area contributed by atoms with Gasteiger partial charge in [-0.3, -0.25) is 4.79 Å². The maximum absolute atomic E-state index is 12.8. The van der Waals surface area contributed by atoms with Crippen molar-refractivity contribution in [3.63, 3.8) is 0 Å². The fourth-order valence-corrected chi connectivity index (χ4v) is 3.14. The standard InChI is InChI=1S/C21H24N2O3/c1-12-13(2)22-19-8-6-15(10-17(12)19)21(24)23-14(3)18-11-16(25-4)7-9-20(18)26-5/h6-11,14,22H,1-5H3,(H,23,24)/t14-/m0/s1. The molecule has 5 nitrogen and oxygen atoms in total. The van der Waals surface area contributed by atoms with Crippen LogP contribution in [0, 0.1) is 13.8 Å². The first kappa shape index (κ1) is 17.9. The molecule has 1 amide bonds. The van der Waals surface area contributed by atoms with Crippen LogP contribution in [-0.2, 0) is 0 Å². The molecule has 0 fully saturated rings.